The standard InChI is InChI=1S/C28H32N2O5/c1-29(23(32)7-4-18-9-13-34-16-18)20-8-10-28(33)22-14-19-5-6-21(31)25-24(19)27(28,26(20)35-25)11-12-30(22)15-17-2-3-17/h4-7,9,13,16-17,20,22,26,31,33H,2-3,8,10-12,14-15H2,1H3/b7-4+/t20-,22-,26+,27+,28+/m1/s1. The molecule has 1 aromatic heterocycles. The molecule has 0 radical (unpaired) electrons. The Morgan fingerprint density at radius 3 is 2.89 bits per heavy atom. The number of hydrogen-bond acceptors (Lipinski definition) is 6. The molecule has 3 fully saturated rings. The van der Waals surface area contributed by atoms with Gasteiger partial charge in [-0.05, 0) is 74.8 Å². The number of amides is 1. The van der Waals surface area contributed by atoms with Crippen LogP contribution in [0.25, 0.3) is 6.08 Å². The number of likely N-dealkylation sites (tertiary alicyclic amines) is 1. The maximum absolute atomic E-state index is 13.2. The average molecular weight is 477 g/mol. The second-order valence-corrected chi connectivity index (χ2v) is 11.2. The Bertz CT molecular complexity index is 1200. The van der Waals surface area contributed by atoms with Crippen molar-refractivity contribution in [2.24, 2.45) is 5.92 Å². The predicted octanol–water partition coefficient (Wildman–Crippen LogP) is 3.09. The molecule has 3 heterocycles. The third-order valence-corrected chi connectivity index (χ3v) is 9.54. The number of benzene rings is 1. The van der Waals surface area contributed by atoms with Gasteiger partial charge in [-0.25, -0.2) is 0 Å². The summed E-state index contributed by atoms with van der Waals surface area (Å²) in [6.07, 6.45) is 11.5. The molecule has 1 saturated heterocycles. The fourth-order valence-corrected chi connectivity index (χ4v) is 7.67. The van der Waals surface area contributed by atoms with E-state index in [-0.39, 0.29) is 23.7 Å². The van der Waals surface area contributed by atoms with Crippen LogP contribution in [0.3, 0.4) is 0 Å². The number of likely N-dealkylation sites (N-methyl/N-ethyl adjacent to an activating group) is 1. The Kier molecular flexibility index (Phi) is 4.53. The normalized spacial score (nSPS) is 35.1. The topological polar surface area (TPSA) is 86.4 Å². The van der Waals surface area contributed by atoms with Crippen molar-refractivity contribution in [3.63, 3.8) is 0 Å². The summed E-state index contributed by atoms with van der Waals surface area (Å²) in [5.41, 5.74) is 1.44. The summed E-state index contributed by atoms with van der Waals surface area (Å²) in [5, 5.41) is 23.3. The lowest BCUT2D eigenvalue weighted by Gasteiger charge is -2.64. The van der Waals surface area contributed by atoms with Crippen molar-refractivity contribution in [3.05, 3.63) is 53.5 Å². The van der Waals surface area contributed by atoms with Crippen molar-refractivity contribution in [3.8, 4) is 11.5 Å². The van der Waals surface area contributed by atoms with Crippen LogP contribution in [0.15, 0.2) is 41.2 Å². The zero-order valence-corrected chi connectivity index (χ0v) is 20.0. The first-order valence-corrected chi connectivity index (χ1v) is 12.9. The Balaban J connectivity index is 1.28. The Morgan fingerprint density at radius 1 is 1.26 bits per heavy atom. The van der Waals surface area contributed by atoms with Gasteiger partial charge in [0.2, 0.25) is 5.91 Å². The molecule has 2 N–H and O–H groups in total. The van der Waals surface area contributed by atoms with Crippen molar-refractivity contribution >= 4 is 12.0 Å². The van der Waals surface area contributed by atoms with E-state index in [0.29, 0.717) is 18.6 Å². The Labute approximate surface area is 205 Å². The van der Waals surface area contributed by atoms with Gasteiger partial charge >= 0.3 is 0 Å². The third kappa shape index (κ3) is 2.88. The molecule has 0 unspecified atom stereocenters. The molecule has 184 valence electrons. The first-order valence-electron chi connectivity index (χ1n) is 12.9. The summed E-state index contributed by atoms with van der Waals surface area (Å²) in [6, 6.07) is 5.38. The maximum Gasteiger partial charge on any atom is 0.246 e. The van der Waals surface area contributed by atoms with Gasteiger partial charge in [0.15, 0.2) is 11.5 Å². The van der Waals surface area contributed by atoms with Crippen molar-refractivity contribution < 1.29 is 24.2 Å². The van der Waals surface area contributed by atoms with E-state index >= 15 is 0 Å². The minimum Gasteiger partial charge on any atom is -0.504 e. The number of phenols is 1. The van der Waals surface area contributed by atoms with Gasteiger partial charge in [0, 0.05) is 36.8 Å². The number of furan rings is 1. The highest BCUT2D eigenvalue weighted by Gasteiger charge is 2.73. The summed E-state index contributed by atoms with van der Waals surface area (Å²) < 4.78 is 11.7. The molecule has 7 rings (SSSR count). The molecule has 1 aromatic carbocycles. The average Bonchev–Trinajstić information content (AvgIpc) is 3.36. The van der Waals surface area contributed by atoms with E-state index in [9.17, 15) is 15.0 Å². The quantitative estimate of drug-likeness (QED) is 0.645. The maximum atomic E-state index is 13.2. The monoisotopic (exact) mass is 476 g/mol. The molecule has 2 aromatic rings. The molecule has 1 spiro atoms. The van der Waals surface area contributed by atoms with Gasteiger partial charge in [-0.1, -0.05) is 6.07 Å². The molecular weight excluding hydrogens is 444 g/mol. The summed E-state index contributed by atoms with van der Waals surface area (Å²) in [5.74, 6) is 1.28. The molecule has 5 aliphatic rings. The van der Waals surface area contributed by atoms with E-state index in [0.717, 1.165) is 43.0 Å². The van der Waals surface area contributed by atoms with Gasteiger partial charge in [0.25, 0.3) is 0 Å². The highest BCUT2D eigenvalue weighted by atomic mass is 16.5. The van der Waals surface area contributed by atoms with E-state index in [1.165, 1.54) is 18.4 Å². The second kappa shape index (κ2) is 7.37. The van der Waals surface area contributed by atoms with Gasteiger partial charge in [0.1, 0.15) is 6.10 Å². The van der Waals surface area contributed by atoms with Gasteiger partial charge in [-0.3, -0.25) is 9.69 Å². The van der Waals surface area contributed by atoms with E-state index in [4.69, 9.17) is 9.15 Å². The Hall–Kier alpha value is -2.77. The van der Waals surface area contributed by atoms with E-state index in [1.54, 1.807) is 35.6 Å². The summed E-state index contributed by atoms with van der Waals surface area (Å²) in [7, 11) is 1.82. The van der Waals surface area contributed by atoms with Gasteiger partial charge < -0.3 is 24.3 Å². The lowest BCUT2D eigenvalue weighted by atomic mass is 9.48. The van der Waals surface area contributed by atoms with Crippen LogP contribution in [0, 0.1) is 5.92 Å². The number of aliphatic hydroxyl groups is 1. The molecule has 7 nitrogen and oxygen atoms in total. The van der Waals surface area contributed by atoms with E-state index in [1.807, 2.05) is 19.2 Å². The van der Waals surface area contributed by atoms with Crippen molar-refractivity contribution in [1.29, 1.82) is 0 Å². The number of carbonyl (C=O) groups is 1. The molecule has 2 bridgehead atoms. The number of phenolic OH excluding ortho intramolecular Hbond substituents is 1. The predicted molar refractivity (Wildman–Crippen MR) is 129 cm³/mol. The zero-order chi connectivity index (χ0) is 23.9. The number of piperidine rings is 1. The first kappa shape index (κ1) is 21.5. The minimum atomic E-state index is -0.941. The summed E-state index contributed by atoms with van der Waals surface area (Å²) in [4.78, 5) is 17.5. The second-order valence-electron chi connectivity index (χ2n) is 11.2. The Morgan fingerprint density at radius 2 is 2.11 bits per heavy atom. The van der Waals surface area contributed by atoms with Gasteiger partial charge in [-0.15, -0.1) is 0 Å². The van der Waals surface area contributed by atoms with E-state index in [2.05, 4.69) is 4.90 Å². The lowest BCUT2D eigenvalue weighted by molar-refractivity contribution is -0.200. The number of rotatable bonds is 5. The molecule has 2 aliphatic heterocycles. The molecule has 5 atom stereocenters. The van der Waals surface area contributed by atoms with Crippen LogP contribution in [-0.2, 0) is 16.6 Å². The summed E-state index contributed by atoms with van der Waals surface area (Å²) >= 11 is 0. The van der Waals surface area contributed by atoms with Crippen LogP contribution in [0.1, 0.15) is 48.8 Å². The van der Waals surface area contributed by atoms with Crippen LogP contribution >= 0.6 is 0 Å². The lowest BCUT2D eigenvalue weighted by Crippen LogP contribution is -2.78. The molecule has 1 amide bonds. The summed E-state index contributed by atoms with van der Waals surface area (Å²) in [6.45, 7) is 1.96. The molecular formula is C28H32N2O5. The van der Waals surface area contributed by atoms with Crippen LogP contribution in [0.4, 0.5) is 0 Å². The van der Waals surface area contributed by atoms with Crippen molar-refractivity contribution in [1.82, 2.24) is 9.80 Å². The number of carbonyl (C=O) groups excluding carboxylic acids is 1. The smallest absolute Gasteiger partial charge is 0.246 e. The number of aromatic hydroxyl groups is 1. The van der Waals surface area contributed by atoms with Crippen LogP contribution < -0.4 is 4.74 Å². The fraction of sp³-hybridized carbons (Fsp3) is 0.536. The van der Waals surface area contributed by atoms with E-state index < -0.39 is 17.1 Å². The van der Waals surface area contributed by atoms with Gasteiger partial charge in [0.05, 0.1) is 29.6 Å². The molecule has 7 heteroatoms. The van der Waals surface area contributed by atoms with Crippen LogP contribution in [0.5, 0.6) is 11.5 Å². The van der Waals surface area contributed by atoms with Crippen LogP contribution in [-0.4, -0.2) is 69.8 Å². The highest BCUT2D eigenvalue weighted by molar-refractivity contribution is 5.91. The number of hydrogen-bond donors (Lipinski definition) is 2. The molecule has 2 saturated carbocycles. The highest BCUT2D eigenvalue weighted by Crippen LogP contribution is 2.66. The van der Waals surface area contributed by atoms with Gasteiger partial charge in [-0.2, -0.15) is 0 Å². The third-order valence-electron chi connectivity index (χ3n) is 9.54. The minimum absolute atomic E-state index is 0.0360. The number of nitrogens with zero attached hydrogens (tertiary/aromatic N) is 2. The van der Waals surface area contributed by atoms with Crippen molar-refractivity contribution in [2.75, 3.05) is 20.1 Å². The zero-order valence-electron chi connectivity index (χ0n) is 20.0. The largest absolute Gasteiger partial charge is 0.504 e. The molecule has 35 heavy (non-hydrogen) atoms. The molecule has 3 aliphatic carbocycles. The van der Waals surface area contributed by atoms with Crippen molar-refractivity contribution in [2.45, 2.75) is 67.7 Å². The number of ether oxygens (including phenoxy) is 1. The fourth-order valence-electron chi connectivity index (χ4n) is 7.67. The first-order chi connectivity index (χ1) is 16.9. The van der Waals surface area contributed by atoms with Crippen LogP contribution in [0.2, 0.25) is 0 Å². The SMILES string of the molecule is CN(C(=O)/C=C/c1ccoc1)[C@@H]1CC[C@]2(O)[C@H]3Cc4ccc(O)c5c4[C@@]2(CCN3CC2CC2)[C@H]1O5.